The summed E-state index contributed by atoms with van der Waals surface area (Å²) in [5.41, 5.74) is 9.62. The molecule has 4 amide bonds. The lowest BCUT2D eigenvalue weighted by Gasteiger charge is -2.37. The predicted molar refractivity (Wildman–Crippen MR) is 363 cm³/mol. The molecule has 2 unspecified atom stereocenters. The summed E-state index contributed by atoms with van der Waals surface area (Å²) < 4.78 is 50.9. The number of amides is 4. The van der Waals surface area contributed by atoms with Crippen molar-refractivity contribution in [1.82, 2.24) is 30.6 Å². The minimum Gasteiger partial charge on any atom is -0.450 e. The van der Waals surface area contributed by atoms with E-state index in [1.165, 1.54) is 48.5 Å². The number of nitrogens with zero attached hydrogens (tertiary/aromatic N) is 6. The summed E-state index contributed by atoms with van der Waals surface area (Å²) in [6.45, 7) is 43.3. The molecular weight excluding hydrogens is 1310 g/mol. The molecule has 2 rings (SSSR count). The molecule has 0 aliphatic heterocycles. The van der Waals surface area contributed by atoms with E-state index in [4.69, 9.17) is 88.1 Å². The van der Waals surface area contributed by atoms with Gasteiger partial charge in [0.15, 0.2) is 0 Å². The van der Waals surface area contributed by atoms with E-state index < -0.39 is 74.9 Å². The Morgan fingerprint density at radius 1 is 0.547 bits per heavy atom. The first-order valence-electron chi connectivity index (χ1n) is 30.8. The van der Waals surface area contributed by atoms with Crippen molar-refractivity contribution in [1.29, 1.82) is 0 Å². The Kier molecular flexibility index (Phi) is 62.0. The maximum Gasteiger partial charge on any atom is 0.519 e. The number of hydrogen-bond acceptors (Lipinski definition) is 25. The molecule has 11 N–H and O–H groups in total. The average Bonchev–Trinajstić information content (AvgIpc) is 1.50. The number of halogens is 1. The average molecular weight is 1420 g/mol. The van der Waals surface area contributed by atoms with Gasteiger partial charge in [-0.1, -0.05) is 34.6 Å². The lowest BCUT2D eigenvalue weighted by Crippen LogP contribution is -2.43. The predicted octanol–water partition coefficient (Wildman–Crippen LogP) is 9.79. The number of alkyl carbamates (subject to hydrolysis) is 4. The first-order chi connectivity index (χ1) is 45.0. The zero-order valence-electron chi connectivity index (χ0n) is 57.1. The molecular formula is C59H105ClN12O21P2. The third-order valence-corrected chi connectivity index (χ3v) is 15.1. The van der Waals surface area contributed by atoms with Gasteiger partial charge in [-0.3, -0.25) is 20.2 Å². The maximum absolute atomic E-state index is 11.9. The van der Waals surface area contributed by atoms with Gasteiger partial charge in [-0.05, 0) is 123 Å². The van der Waals surface area contributed by atoms with Crippen LogP contribution in [0.4, 0.5) is 35.3 Å². The van der Waals surface area contributed by atoms with Gasteiger partial charge in [0.25, 0.3) is 19.9 Å². The van der Waals surface area contributed by atoms with E-state index >= 15 is 0 Å². The molecule has 36 heteroatoms. The van der Waals surface area contributed by atoms with Crippen LogP contribution >= 0.6 is 27.4 Å². The molecule has 2 aromatic carbocycles. The summed E-state index contributed by atoms with van der Waals surface area (Å²) in [6, 6.07) is 10.7. The Balaban J connectivity index is -0.000000571. The van der Waals surface area contributed by atoms with Gasteiger partial charge in [0.05, 0.1) is 48.5 Å². The number of non-ortho nitro benzene ring substituents is 2. The zero-order valence-corrected chi connectivity index (χ0v) is 59.6. The second-order valence-electron chi connectivity index (χ2n) is 20.3. The van der Waals surface area contributed by atoms with Crippen LogP contribution in [0.25, 0.3) is 9.69 Å². The van der Waals surface area contributed by atoms with Gasteiger partial charge in [0, 0.05) is 94.3 Å². The number of nitrogens with one attached hydrogen (secondary N) is 4. The van der Waals surface area contributed by atoms with Gasteiger partial charge in [-0.25, -0.2) is 46.5 Å². The van der Waals surface area contributed by atoms with Crippen LogP contribution in [0.5, 0.6) is 11.5 Å². The number of aliphatic hydroxyl groups is 3. The number of nitro groups is 2. The van der Waals surface area contributed by atoms with Gasteiger partial charge in [-0.2, -0.15) is 0 Å². The van der Waals surface area contributed by atoms with Gasteiger partial charge in [0.2, 0.25) is 20.7 Å². The SMILES string of the molecule is CCCO.CCCOC(=O)NCC(O)CNC(=O)OCCC.NCC(O)CN.O=C(Oc1ccc([N+](=O)[O-])cc1)Oc1ccc([N+](=O)[O-])cc1.[C-]#[N+]CCOP(Cl)N(C(C)C)C(C)C.[C-]#[N+]CCOP(OC(CNC(=O)OCCC)CNC(=O)OCCC)N(C(C)C)C(C)C. The van der Waals surface area contributed by atoms with Crippen molar-refractivity contribution in [3.63, 3.8) is 0 Å². The van der Waals surface area contributed by atoms with Crippen molar-refractivity contribution in [2.45, 2.75) is 165 Å². The largest absolute Gasteiger partial charge is 0.519 e. The Bertz CT molecular complexity index is 2290. The molecule has 0 fully saturated rings. The summed E-state index contributed by atoms with van der Waals surface area (Å²) in [6.07, 6.45) is -1.51. The highest BCUT2D eigenvalue weighted by Crippen LogP contribution is 2.49. The van der Waals surface area contributed by atoms with Gasteiger partial charge >= 0.3 is 30.5 Å². The fraction of sp³-hybridized carbons (Fsp3) is 0.678. The summed E-state index contributed by atoms with van der Waals surface area (Å²) in [5.74, 6) is 0.134. The van der Waals surface area contributed by atoms with Gasteiger partial charge in [-0.15, -0.1) is 0 Å². The quantitative estimate of drug-likeness (QED) is 0.00444. The number of carbonyl (C=O) groups is 5. The van der Waals surface area contributed by atoms with E-state index in [2.05, 4.69) is 68.0 Å². The molecule has 2 aromatic rings. The second kappa shape index (κ2) is 62.1. The van der Waals surface area contributed by atoms with Crippen LogP contribution in [0.1, 0.15) is 122 Å². The zero-order chi connectivity index (χ0) is 73.1. The molecule has 0 saturated heterocycles. The molecule has 0 aliphatic carbocycles. The van der Waals surface area contributed by atoms with Crippen molar-refractivity contribution < 1.29 is 91.1 Å². The van der Waals surface area contributed by atoms with Crippen molar-refractivity contribution in [2.75, 3.05) is 98.6 Å². The number of benzene rings is 2. The van der Waals surface area contributed by atoms with E-state index in [1.54, 1.807) is 0 Å². The standard InChI is InChI=1S/C20H39N4O6P.C13H8N2O7.C11H22N2O5.C9H18ClN2OP.C3H10N2O.C3H8O/c1-8-11-27-19(25)22-14-18(15-23-20(26)28-12-9-2)30-31(29-13-10-21-7)24(16(3)4)17(5)6;16-13(21-11-5-1-9(2-6-11)14(17)18)22-12-7-3-10(4-8-12)15(19)20;1-3-5-17-10(15)12-7-9(14)8-13-11(16)18-6-4-2;1-8(2)12(9(3)4)14(10)13-7-6-11-5;4-1-3(6)2-5;1-2-3-4/h16-18H,8-15H2,1-6H3,(H,22,25)(H,23,26);1-8H;9,14H,3-8H2,1-2H3,(H,12,15)(H,13,16);8-9H,6-7H2,1-4H3;3,6H,1-2,4-5H2;4H,2-3H2,1H3. The van der Waals surface area contributed by atoms with Gasteiger partial charge < -0.3 is 99.7 Å². The summed E-state index contributed by atoms with van der Waals surface area (Å²) in [7, 11) is -2.60. The molecule has 0 spiro atoms. The molecule has 0 aliphatic rings. The number of aliphatic hydroxyl groups excluding tert-OH is 3. The van der Waals surface area contributed by atoms with Crippen LogP contribution in [0.15, 0.2) is 48.5 Å². The van der Waals surface area contributed by atoms with Crippen LogP contribution in [0.2, 0.25) is 0 Å². The lowest BCUT2D eigenvalue weighted by molar-refractivity contribution is -0.385. The van der Waals surface area contributed by atoms with Crippen LogP contribution in [-0.4, -0.2) is 206 Å². The Morgan fingerprint density at radius 3 is 1.13 bits per heavy atom. The smallest absolute Gasteiger partial charge is 0.450 e. The Morgan fingerprint density at radius 2 is 0.863 bits per heavy atom. The number of nitro benzene ring substituents is 2. The first kappa shape index (κ1) is 94.7. The summed E-state index contributed by atoms with van der Waals surface area (Å²) in [4.78, 5) is 83.6. The second-order valence-corrected chi connectivity index (χ2v) is 23.7. The maximum atomic E-state index is 11.9. The van der Waals surface area contributed by atoms with Crippen molar-refractivity contribution in [2.24, 2.45) is 11.5 Å². The topological polar surface area (TPSA) is 431 Å². The number of carbonyl (C=O) groups excluding carboxylic acids is 5. The molecule has 0 radical (unpaired) electrons. The van der Waals surface area contributed by atoms with Crippen molar-refractivity contribution in [3.8, 4) is 11.5 Å². The molecule has 0 aromatic heterocycles. The molecule has 33 nitrogen and oxygen atoms in total. The Labute approximate surface area is 566 Å². The van der Waals surface area contributed by atoms with E-state index in [9.17, 15) is 49.3 Å². The van der Waals surface area contributed by atoms with E-state index in [1.807, 2.05) is 62.3 Å². The normalized spacial score (nSPS) is 11.1. The number of rotatable bonds is 37. The minimum atomic E-state index is -1.53. The van der Waals surface area contributed by atoms with Crippen LogP contribution in [0, 0.1) is 33.4 Å². The highest BCUT2D eigenvalue weighted by atomic mass is 35.7. The third-order valence-electron chi connectivity index (χ3n) is 10.5. The van der Waals surface area contributed by atoms with Crippen LogP contribution in [0.3, 0.4) is 0 Å². The van der Waals surface area contributed by atoms with Crippen molar-refractivity contribution >= 4 is 69.3 Å². The monoisotopic (exact) mass is 1410 g/mol. The highest BCUT2D eigenvalue weighted by molar-refractivity contribution is 7.78. The third kappa shape index (κ3) is 54.2. The molecule has 95 heavy (non-hydrogen) atoms. The highest BCUT2D eigenvalue weighted by Gasteiger charge is 2.31. The fourth-order valence-corrected chi connectivity index (χ4v) is 10.2. The Hall–Kier alpha value is -6.68. The summed E-state index contributed by atoms with van der Waals surface area (Å²) >= 11 is 6.14. The van der Waals surface area contributed by atoms with Crippen LogP contribution in [-0.2, 0) is 32.5 Å². The molecule has 0 bridgehead atoms. The van der Waals surface area contributed by atoms with Crippen LogP contribution < -0.4 is 42.2 Å². The van der Waals surface area contributed by atoms with Crippen molar-refractivity contribution in [3.05, 3.63) is 91.6 Å². The molecule has 544 valence electrons. The van der Waals surface area contributed by atoms with Gasteiger partial charge in [0.1, 0.15) is 30.8 Å². The number of ether oxygens (including phenoxy) is 6. The molecule has 0 heterocycles. The lowest BCUT2D eigenvalue weighted by atomic mass is 10.3. The molecule has 2 atom stereocenters. The van der Waals surface area contributed by atoms with E-state index in [0.29, 0.717) is 58.3 Å². The number of hydrogen-bond donors (Lipinski definition) is 9. The summed E-state index contributed by atoms with van der Waals surface area (Å²) in [5, 5.41) is 56.8. The van der Waals surface area contributed by atoms with E-state index in [0.717, 1.165) is 32.1 Å². The minimum absolute atomic E-state index is 0.0105. The number of nitrogens with two attached hydrogens (primary N) is 2. The van der Waals surface area contributed by atoms with E-state index in [-0.39, 0.29) is 87.4 Å². The fourth-order valence-electron chi connectivity index (χ4n) is 6.18. The first-order valence-corrected chi connectivity index (χ1v) is 34.1. The molecule has 0 saturated carbocycles.